The summed E-state index contributed by atoms with van der Waals surface area (Å²) in [5, 5.41) is 26.6. The first-order valence-electron chi connectivity index (χ1n) is 8.17. The fourth-order valence-electron chi connectivity index (χ4n) is 2.44. The van der Waals surface area contributed by atoms with Crippen molar-refractivity contribution in [2.75, 3.05) is 18.1 Å². The summed E-state index contributed by atoms with van der Waals surface area (Å²) in [4.78, 5) is 26.0. The quantitative estimate of drug-likeness (QED) is 0.299. The Morgan fingerprint density at radius 1 is 1.24 bits per heavy atom. The molecule has 0 aromatic heterocycles. The predicted octanol–water partition coefficient (Wildman–Crippen LogP) is 4.43. The predicted molar refractivity (Wildman–Crippen MR) is 103 cm³/mol. The maximum absolute atomic E-state index is 11.5. The smallest absolute Gasteiger partial charge is 0.299 e. The summed E-state index contributed by atoms with van der Waals surface area (Å²) in [6.45, 7) is 5.75. The van der Waals surface area contributed by atoms with E-state index in [1.807, 2.05) is 13.8 Å². The number of aliphatic imine (C=N–C) groups is 1. The van der Waals surface area contributed by atoms with Crippen LogP contribution in [-0.2, 0) is 6.42 Å². The Hall–Kier alpha value is -2.16. The Labute approximate surface area is 151 Å². The van der Waals surface area contributed by atoms with E-state index in [0.29, 0.717) is 12.0 Å². The van der Waals surface area contributed by atoms with E-state index in [-0.39, 0.29) is 23.1 Å². The van der Waals surface area contributed by atoms with E-state index in [9.17, 15) is 20.2 Å². The summed E-state index contributed by atoms with van der Waals surface area (Å²) >= 11 is 1.49. The van der Waals surface area contributed by atoms with E-state index in [1.54, 1.807) is 14.0 Å². The van der Waals surface area contributed by atoms with Gasteiger partial charge in [-0.15, -0.1) is 11.8 Å². The fourth-order valence-corrected chi connectivity index (χ4v) is 3.17. The third kappa shape index (κ3) is 5.70. The molecule has 1 rings (SSSR count). The molecule has 0 aliphatic rings. The van der Waals surface area contributed by atoms with E-state index >= 15 is 0 Å². The number of hydrogen-bond donors (Lipinski definition) is 1. The van der Waals surface area contributed by atoms with Gasteiger partial charge in [-0.3, -0.25) is 25.2 Å². The van der Waals surface area contributed by atoms with Gasteiger partial charge in [-0.2, -0.15) is 0 Å². The number of benzene rings is 1. The van der Waals surface area contributed by atoms with Crippen LogP contribution in [0, 0.1) is 20.2 Å². The maximum Gasteiger partial charge on any atom is 0.299 e. The van der Waals surface area contributed by atoms with Crippen molar-refractivity contribution in [3.8, 4) is 0 Å². The number of hydrogen-bond acceptors (Lipinski definition) is 7. The van der Waals surface area contributed by atoms with Crippen molar-refractivity contribution < 1.29 is 9.85 Å². The molecule has 0 aliphatic heterocycles. The van der Waals surface area contributed by atoms with E-state index in [0.717, 1.165) is 23.6 Å². The number of unbranched alkanes of at least 4 members (excludes halogenated alkanes) is 1. The lowest BCUT2D eigenvalue weighted by molar-refractivity contribution is -0.392. The van der Waals surface area contributed by atoms with Gasteiger partial charge in [-0.25, -0.2) is 0 Å². The third-order valence-electron chi connectivity index (χ3n) is 3.61. The van der Waals surface area contributed by atoms with Gasteiger partial charge in [-0.1, -0.05) is 20.3 Å². The molecule has 9 heteroatoms. The lowest BCUT2D eigenvalue weighted by Crippen LogP contribution is -2.25. The van der Waals surface area contributed by atoms with Gasteiger partial charge in [0.2, 0.25) is 0 Å². The zero-order valence-electron chi connectivity index (χ0n) is 14.9. The molecule has 1 atom stereocenters. The molecule has 1 unspecified atom stereocenters. The summed E-state index contributed by atoms with van der Waals surface area (Å²) < 4.78 is 0. The Bertz CT molecular complexity index is 629. The molecule has 0 amide bonds. The highest BCUT2D eigenvalue weighted by atomic mass is 32.2. The average Bonchev–Trinajstić information content (AvgIpc) is 2.57. The van der Waals surface area contributed by atoms with E-state index in [1.165, 1.54) is 23.9 Å². The van der Waals surface area contributed by atoms with Crippen LogP contribution in [0.25, 0.3) is 0 Å². The third-order valence-corrected chi connectivity index (χ3v) is 4.73. The van der Waals surface area contributed by atoms with E-state index in [4.69, 9.17) is 0 Å². The second kappa shape index (κ2) is 9.97. The molecule has 138 valence electrons. The van der Waals surface area contributed by atoms with Gasteiger partial charge in [0, 0.05) is 19.2 Å². The molecule has 25 heavy (non-hydrogen) atoms. The van der Waals surface area contributed by atoms with Gasteiger partial charge in [0.25, 0.3) is 11.4 Å². The first kappa shape index (κ1) is 20.9. The second-order valence-corrected chi connectivity index (χ2v) is 6.77. The number of nitro benzene ring substituents is 2. The Morgan fingerprint density at radius 3 is 2.20 bits per heavy atom. The van der Waals surface area contributed by atoms with Gasteiger partial charge in [-0.05, 0) is 31.1 Å². The lowest BCUT2D eigenvalue weighted by atomic mass is 10.0. The van der Waals surface area contributed by atoms with E-state index in [2.05, 4.69) is 10.3 Å². The molecule has 0 spiro atoms. The minimum absolute atomic E-state index is 0.0689. The van der Waals surface area contributed by atoms with Crippen LogP contribution in [-0.4, -0.2) is 33.7 Å². The highest BCUT2D eigenvalue weighted by Crippen LogP contribution is 2.37. The van der Waals surface area contributed by atoms with Gasteiger partial charge in [0.15, 0.2) is 5.69 Å². The van der Waals surface area contributed by atoms with Gasteiger partial charge in [0.05, 0.1) is 20.9 Å². The maximum atomic E-state index is 11.5. The Balaban J connectivity index is 3.35. The zero-order chi connectivity index (χ0) is 19.0. The van der Waals surface area contributed by atoms with Crippen molar-refractivity contribution in [2.24, 2.45) is 4.99 Å². The molecule has 0 saturated heterocycles. The van der Waals surface area contributed by atoms with Crippen LogP contribution >= 0.6 is 11.8 Å². The SMILES string of the molecule is CCCCc1cc([N+](=O)[O-])c(NC(C)C(=NC)SCC)c([N+](=O)[O-])c1. The van der Waals surface area contributed by atoms with E-state index < -0.39 is 9.85 Å². The highest BCUT2D eigenvalue weighted by molar-refractivity contribution is 8.14. The zero-order valence-corrected chi connectivity index (χ0v) is 15.8. The minimum Gasteiger partial charge on any atom is -0.365 e. The van der Waals surface area contributed by atoms with Gasteiger partial charge in [0.1, 0.15) is 0 Å². The van der Waals surface area contributed by atoms with Crippen molar-refractivity contribution >= 4 is 33.9 Å². The summed E-state index contributed by atoms with van der Waals surface area (Å²) in [5.41, 5.74) is -0.0143. The standard InChI is InChI=1S/C16H24N4O4S/c1-5-7-8-12-9-13(19(21)22)15(14(10-12)20(23)24)18-11(3)16(17-4)25-6-2/h9-11,18H,5-8H2,1-4H3. The van der Waals surface area contributed by atoms with Crippen LogP contribution in [0.15, 0.2) is 17.1 Å². The van der Waals surface area contributed by atoms with Crippen LogP contribution in [0.3, 0.4) is 0 Å². The molecular formula is C16H24N4O4S. The van der Waals surface area contributed by atoms with Gasteiger partial charge >= 0.3 is 0 Å². The Kier molecular flexibility index (Phi) is 8.33. The molecule has 0 radical (unpaired) electrons. The highest BCUT2D eigenvalue weighted by Gasteiger charge is 2.28. The number of anilines is 1. The lowest BCUT2D eigenvalue weighted by Gasteiger charge is -2.17. The fraction of sp³-hybridized carbons (Fsp3) is 0.562. The minimum atomic E-state index is -0.576. The molecule has 8 nitrogen and oxygen atoms in total. The molecule has 0 fully saturated rings. The van der Waals surface area contributed by atoms with Crippen molar-refractivity contribution in [1.82, 2.24) is 0 Å². The average molecular weight is 368 g/mol. The van der Waals surface area contributed by atoms with Crippen LogP contribution in [0.1, 0.15) is 39.2 Å². The van der Waals surface area contributed by atoms with Gasteiger partial charge < -0.3 is 5.32 Å². The first-order valence-corrected chi connectivity index (χ1v) is 9.15. The number of aryl methyl sites for hydroxylation is 1. The molecule has 1 aromatic carbocycles. The normalized spacial score (nSPS) is 12.7. The van der Waals surface area contributed by atoms with Crippen LogP contribution in [0.4, 0.5) is 17.1 Å². The Morgan fingerprint density at radius 2 is 1.80 bits per heavy atom. The number of nitro groups is 2. The van der Waals surface area contributed by atoms with Crippen LogP contribution < -0.4 is 5.32 Å². The van der Waals surface area contributed by atoms with Crippen molar-refractivity contribution in [2.45, 2.75) is 46.1 Å². The van der Waals surface area contributed by atoms with Crippen molar-refractivity contribution in [3.05, 3.63) is 37.9 Å². The van der Waals surface area contributed by atoms with Crippen molar-refractivity contribution in [1.29, 1.82) is 0 Å². The topological polar surface area (TPSA) is 111 Å². The first-order chi connectivity index (χ1) is 11.8. The molecule has 0 saturated carbocycles. The second-order valence-electron chi connectivity index (χ2n) is 5.49. The number of rotatable bonds is 9. The molecular weight excluding hydrogens is 344 g/mol. The molecule has 0 aliphatic carbocycles. The summed E-state index contributed by atoms with van der Waals surface area (Å²) in [7, 11) is 1.63. The summed E-state index contributed by atoms with van der Waals surface area (Å²) in [5.74, 6) is 0.791. The number of nitrogens with zero attached hydrogens (tertiary/aromatic N) is 3. The molecule has 1 aromatic rings. The number of nitrogens with one attached hydrogen (secondary N) is 1. The van der Waals surface area contributed by atoms with Crippen molar-refractivity contribution in [3.63, 3.8) is 0 Å². The number of thioether (sulfide) groups is 1. The largest absolute Gasteiger partial charge is 0.365 e. The summed E-state index contributed by atoms with van der Waals surface area (Å²) in [6.07, 6.45) is 2.29. The van der Waals surface area contributed by atoms with Crippen LogP contribution in [0.5, 0.6) is 0 Å². The monoisotopic (exact) mass is 368 g/mol. The molecule has 1 N–H and O–H groups in total. The molecule has 0 heterocycles. The summed E-state index contributed by atoms with van der Waals surface area (Å²) in [6, 6.07) is 2.48. The molecule has 0 bridgehead atoms. The van der Waals surface area contributed by atoms with Crippen LogP contribution in [0.2, 0.25) is 0 Å².